The molecule has 3 aromatic carbocycles. The van der Waals surface area contributed by atoms with Crippen molar-refractivity contribution in [2.75, 3.05) is 6.54 Å². The van der Waals surface area contributed by atoms with Gasteiger partial charge in [0.15, 0.2) is 0 Å². The Labute approximate surface area is 222 Å². The van der Waals surface area contributed by atoms with E-state index in [1.165, 1.54) is 36.4 Å². The molecule has 4 nitrogen and oxygen atoms in total. The van der Waals surface area contributed by atoms with E-state index in [4.69, 9.17) is 0 Å². The fourth-order valence-electron chi connectivity index (χ4n) is 4.67. The first kappa shape index (κ1) is 27.9. The molecule has 0 bridgehead atoms. The van der Waals surface area contributed by atoms with Crippen molar-refractivity contribution in [3.8, 4) is 0 Å². The number of alkyl halides is 3. The fourth-order valence-corrected chi connectivity index (χ4v) is 4.67. The van der Waals surface area contributed by atoms with Gasteiger partial charge in [-0.05, 0) is 54.3 Å². The van der Waals surface area contributed by atoms with Crippen molar-refractivity contribution in [1.82, 2.24) is 10.3 Å². The number of halogens is 5. The number of aromatic nitrogens is 1. The normalized spacial score (nSPS) is 14.7. The quantitative estimate of drug-likeness (QED) is 0.279. The molecule has 1 heterocycles. The second-order valence-electron chi connectivity index (χ2n) is 9.38. The molecule has 0 aliphatic carbocycles. The number of rotatable bonds is 8. The van der Waals surface area contributed by atoms with Crippen molar-refractivity contribution >= 4 is 5.91 Å². The Morgan fingerprint density at radius 3 is 2.05 bits per heavy atom. The number of pyridine rings is 1. The molecule has 2 N–H and O–H groups in total. The third-order valence-electron chi connectivity index (χ3n) is 6.64. The van der Waals surface area contributed by atoms with Gasteiger partial charge in [0, 0.05) is 12.1 Å². The van der Waals surface area contributed by atoms with E-state index in [9.17, 15) is 31.9 Å². The number of aryl methyl sites for hydroxylation is 1. The Bertz CT molecular complexity index is 1410. The van der Waals surface area contributed by atoms with Gasteiger partial charge in [0.25, 0.3) is 11.5 Å². The minimum absolute atomic E-state index is 0.0609. The second-order valence-corrected chi connectivity index (χ2v) is 9.38. The Morgan fingerprint density at radius 1 is 0.846 bits per heavy atom. The summed E-state index contributed by atoms with van der Waals surface area (Å²) in [6.45, 7) is 1.13. The molecule has 202 valence electrons. The highest BCUT2D eigenvalue weighted by atomic mass is 19.4. The highest BCUT2D eigenvalue weighted by Crippen LogP contribution is 2.40. The van der Waals surface area contributed by atoms with Crippen molar-refractivity contribution in [3.05, 3.63) is 137 Å². The molecule has 1 unspecified atom stereocenters. The van der Waals surface area contributed by atoms with Gasteiger partial charge < -0.3 is 10.4 Å². The molecule has 0 aliphatic rings. The Hall–Kier alpha value is -4.11. The third-order valence-corrected chi connectivity index (χ3v) is 6.64. The van der Waals surface area contributed by atoms with E-state index in [0.29, 0.717) is 16.7 Å². The van der Waals surface area contributed by atoms with Gasteiger partial charge in [-0.2, -0.15) is 13.2 Å². The minimum Gasteiger partial charge on any atom is -0.369 e. The summed E-state index contributed by atoms with van der Waals surface area (Å²) in [5.74, 6) is -2.97. The molecule has 0 aliphatic heterocycles. The van der Waals surface area contributed by atoms with Crippen LogP contribution in [0.25, 0.3) is 0 Å². The van der Waals surface area contributed by atoms with Gasteiger partial charge in [0.05, 0.1) is 17.3 Å². The van der Waals surface area contributed by atoms with Gasteiger partial charge in [-0.25, -0.2) is 8.78 Å². The molecular formula is C30H25F5N2O2. The van der Waals surface area contributed by atoms with E-state index < -0.39 is 46.8 Å². The summed E-state index contributed by atoms with van der Waals surface area (Å²) in [5, 5.41) is 13.1. The number of amides is 1. The average Bonchev–Trinajstić information content (AvgIpc) is 2.90. The second kappa shape index (κ2) is 10.9. The van der Waals surface area contributed by atoms with Crippen molar-refractivity contribution in [2.45, 2.75) is 30.5 Å². The van der Waals surface area contributed by atoms with E-state index in [1.807, 2.05) is 0 Å². The zero-order valence-electron chi connectivity index (χ0n) is 20.8. The SMILES string of the molecule is Cc1cc(F)cc([C@@](CNC(=O)C(O)(c2ccccc2)C(F)(F)F)(Cc2ccccc2)c2ccc(F)cn2)c1. The van der Waals surface area contributed by atoms with Crippen LogP contribution in [0.2, 0.25) is 0 Å². The minimum atomic E-state index is -5.36. The first-order valence-electron chi connectivity index (χ1n) is 12.0. The van der Waals surface area contributed by atoms with Crippen LogP contribution >= 0.6 is 0 Å². The number of hydrogen-bond donors (Lipinski definition) is 2. The van der Waals surface area contributed by atoms with Crippen molar-refractivity contribution in [2.24, 2.45) is 0 Å². The van der Waals surface area contributed by atoms with E-state index in [0.717, 1.165) is 24.4 Å². The zero-order chi connectivity index (χ0) is 28.3. The predicted octanol–water partition coefficient (Wildman–Crippen LogP) is 5.76. The Balaban J connectivity index is 1.87. The number of nitrogens with zero attached hydrogens (tertiary/aromatic N) is 1. The van der Waals surface area contributed by atoms with Crippen LogP contribution in [0.4, 0.5) is 22.0 Å². The molecule has 4 aromatic rings. The van der Waals surface area contributed by atoms with E-state index in [2.05, 4.69) is 10.3 Å². The number of carbonyl (C=O) groups is 1. The Morgan fingerprint density at radius 2 is 1.49 bits per heavy atom. The maximum Gasteiger partial charge on any atom is 0.430 e. The molecule has 1 amide bonds. The first-order chi connectivity index (χ1) is 18.5. The summed E-state index contributed by atoms with van der Waals surface area (Å²) in [6, 6.07) is 21.4. The summed E-state index contributed by atoms with van der Waals surface area (Å²) >= 11 is 0. The smallest absolute Gasteiger partial charge is 0.369 e. The van der Waals surface area contributed by atoms with Crippen LogP contribution in [0.1, 0.15) is 27.9 Å². The largest absolute Gasteiger partial charge is 0.430 e. The molecule has 9 heteroatoms. The molecule has 1 aromatic heterocycles. The van der Waals surface area contributed by atoms with Crippen molar-refractivity contribution in [3.63, 3.8) is 0 Å². The third kappa shape index (κ3) is 5.68. The summed E-state index contributed by atoms with van der Waals surface area (Å²) in [4.78, 5) is 17.4. The van der Waals surface area contributed by atoms with Crippen LogP contribution in [0.5, 0.6) is 0 Å². The zero-order valence-corrected chi connectivity index (χ0v) is 20.8. The summed E-state index contributed by atoms with van der Waals surface area (Å²) in [7, 11) is 0. The number of carbonyl (C=O) groups excluding carboxylic acids is 1. The molecular weight excluding hydrogens is 515 g/mol. The lowest BCUT2D eigenvalue weighted by Gasteiger charge is -2.37. The van der Waals surface area contributed by atoms with Crippen molar-refractivity contribution in [1.29, 1.82) is 0 Å². The molecule has 2 atom stereocenters. The van der Waals surface area contributed by atoms with Gasteiger partial charge in [0.2, 0.25) is 0 Å². The summed E-state index contributed by atoms with van der Waals surface area (Å²) in [6.07, 6.45) is -4.35. The highest BCUT2D eigenvalue weighted by Gasteiger charge is 2.61. The fraction of sp³-hybridized carbons (Fsp3) is 0.200. The molecule has 0 fully saturated rings. The maximum absolute atomic E-state index is 14.7. The first-order valence-corrected chi connectivity index (χ1v) is 12.0. The van der Waals surface area contributed by atoms with Gasteiger partial charge in [0.1, 0.15) is 11.6 Å². The van der Waals surface area contributed by atoms with E-state index in [-0.39, 0.29) is 12.1 Å². The van der Waals surface area contributed by atoms with E-state index in [1.54, 1.807) is 43.3 Å². The lowest BCUT2D eigenvalue weighted by atomic mass is 9.72. The molecule has 0 saturated heterocycles. The van der Waals surface area contributed by atoms with Crippen LogP contribution in [-0.4, -0.2) is 28.7 Å². The highest BCUT2D eigenvalue weighted by molar-refractivity contribution is 5.87. The van der Waals surface area contributed by atoms with Gasteiger partial charge in [-0.3, -0.25) is 9.78 Å². The maximum atomic E-state index is 14.7. The van der Waals surface area contributed by atoms with Crippen LogP contribution in [0.3, 0.4) is 0 Å². The number of nitrogens with one attached hydrogen (secondary N) is 1. The number of hydrogen-bond acceptors (Lipinski definition) is 3. The lowest BCUT2D eigenvalue weighted by Crippen LogP contribution is -2.57. The molecule has 4 rings (SSSR count). The summed E-state index contributed by atoms with van der Waals surface area (Å²) < 4.78 is 71.1. The van der Waals surface area contributed by atoms with Crippen LogP contribution in [0, 0.1) is 18.6 Å². The van der Waals surface area contributed by atoms with Gasteiger partial charge in [-0.15, -0.1) is 0 Å². The van der Waals surface area contributed by atoms with Gasteiger partial charge in [-0.1, -0.05) is 66.7 Å². The van der Waals surface area contributed by atoms with Crippen LogP contribution in [-0.2, 0) is 22.2 Å². The Kier molecular flexibility index (Phi) is 7.83. The number of aliphatic hydroxyl groups is 1. The molecule has 0 radical (unpaired) electrons. The predicted molar refractivity (Wildman–Crippen MR) is 136 cm³/mol. The van der Waals surface area contributed by atoms with Gasteiger partial charge >= 0.3 is 6.18 Å². The molecule has 0 spiro atoms. The molecule has 0 saturated carbocycles. The number of benzene rings is 3. The average molecular weight is 541 g/mol. The lowest BCUT2D eigenvalue weighted by molar-refractivity contribution is -0.257. The molecule has 39 heavy (non-hydrogen) atoms. The van der Waals surface area contributed by atoms with E-state index >= 15 is 0 Å². The topological polar surface area (TPSA) is 62.2 Å². The van der Waals surface area contributed by atoms with Crippen molar-refractivity contribution < 1.29 is 31.9 Å². The van der Waals surface area contributed by atoms with Crippen LogP contribution < -0.4 is 5.32 Å². The van der Waals surface area contributed by atoms with Crippen LogP contribution in [0.15, 0.2) is 97.2 Å². The summed E-state index contributed by atoms with van der Waals surface area (Å²) in [5.41, 5.74) is -4.25. The monoisotopic (exact) mass is 540 g/mol. The standard InChI is InChI=1S/C30H25F5N2O2/c1-20-14-23(16-25(32)15-20)28(17-21-8-4-2-5-9-21,26-13-12-24(31)18-36-26)19-37-27(38)29(39,30(33,34)35)22-10-6-3-7-11-22/h2-16,18,39H,17,19H2,1H3,(H,37,38)/t28-,29?/m0/s1.